The maximum absolute atomic E-state index is 6.78. The summed E-state index contributed by atoms with van der Waals surface area (Å²) in [5.41, 5.74) is 10.7. The molecule has 8 aromatic rings. The molecule has 46 heavy (non-hydrogen) atoms. The van der Waals surface area contributed by atoms with Gasteiger partial charge in [-0.3, -0.25) is 0 Å². The molecule has 0 saturated carbocycles. The van der Waals surface area contributed by atoms with E-state index in [-0.39, 0.29) is 26.6 Å². The predicted molar refractivity (Wildman–Crippen MR) is 187 cm³/mol. The second-order valence-corrected chi connectivity index (χ2v) is 16.2. The topological polar surface area (TPSA) is 38.9 Å². The van der Waals surface area contributed by atoms with Gasteiger partial charge in [0, 0.05) is 0 Å². The van der Waals surface area contributed by atoms with Crippen molar-refractivity contribution >= 4 is 63.2 Å². The van der Waals surface area contributed by atoms with Crippen molar-refractivity contribution in [2.75, 3.05) is 0 Å². The van der Waals surface area contributed by atoms with Crippen LogP contribution in [0.1, 0.15) is 49.1 Å². The summed E-state index contributed by atoms with van der Waals surface area (Å²) in [5.74, 6) is 0.774. The van der Waals surface area contributed by atoms with Crippen LogP contribution in [0.15, 0.2) is 108 Å². The van der Waals surface area contributed by atoms with Crippen molar-refractivity contribution in [3.05, 3.63) is 129 Å². The van der Waals surface area contributed by atoms with Gasteiger partial charge in [0.15, 0.2) is 0 Å². The molecule has 10 rings (SSSR count). The molecular formula is C41H28IN2OS-. The Labute approximate surface area is 280 Å². The number of benzene rings is 5. The van der Waals surface area contributed by atoms with E-state index in [4.69, 9.17) is 14.4 Å². The van der Waals surface area contributed by atoms with E-state index in [1.807, 2.05) is 0 Å². The summed E-state index contributed by atoms with van der Waals surface area (Å²) in [5, 5.41) is 4.71. The average Bonchev–Trinajstić information content (AvgIpc) is 3.86. The number of hydrogen-bond donors (Lipinski definition) is 0. The van der Waals surface area contributed by atoms with Gasteiger partial charge < -0.3 is 0 Å². The van der Waals surface area contributed by atoms with Gasteiger partial charge in [0.05, 0.1) is 0 Å². The zero-order valence-corrected chi connectivity index (χ0v) is 28.4. The van der Waals surface area contributed by atoms with Crippen molar-refractivity contribution in [2.45, 2.75) is 32.1 Å². The summed E-state index contributed by atoms with van der Waals surface area (Å²) in [6, 6.07) is 37.4. The number of halogens is 1. The van der Waals surface area contributed by atoms with Gasteiger partial charge in [-0.2, -0.15) is 0 Å². The first-order valence-corrected chi connectivity index (χ1v) is 18.9. The number of thiophene rings is 1. The minimum atomic E-state index is -0.338. The van der Waals surface area contributed by atoms with Crippen LogP contribution in [0, 0.1) is 3.57 Å². The fraction of sp³-hybridized carbons (Fsp3) is 0.122. The zero-order chi connectivity index (χ0) is 30.6. The van der Waals surface area contributed by atoms with Crippen molar-refractivity contribution in [3.8, 4) is 22.5 Å². The number of furan rings is 1. The van der Waals surface area contributed by atoms with Crippen LogP contribution >= 0.6 is 11.3 Å². The molecule has 3 nitrogen and oxygen atoms in total. The molecule has 0 spiro atoms. The molecule has 0 saturated heterocycles. The number of hydrogen-bond acceptors (Lipinski definition) is 4. The maximum atomic E-state index is 6.78. The molecule has 0 unspecified atom stereocenters. The van der Waals surface area contributed by atoms with Crippen molar-refractivity contribution in [3.63, 3.8) is 0 Å². The Morgan fingerprint density at radius 2 is 1.59 bits per heavy atom. The van der Waals surface area contributed by atoms with Crippen LogP contribution < -0.4 is 21.2 Å². The SMILES string of the molecule is CCC1(CC)c2ccccc2-c2ccc3c(oc4ccc(-c5nc(C6=Cc7ccccc7[I-]6)c6c(n5)sc5ccccc56)cc43)c21. The Morgan fingerprint density at radius 1 is 0.761 bits per heavy atom. The standard InChI is InChI=1S/C41H28IN2OS/c1-3-41(4-2)30-14-8-6-12-25(30)26-18-19-27-29-21-24(17-20-33(29)45-38(27)36(26)41)39-43-37(32-22-23-11-5-9-15-31(23)42-32)35-28-13-7-10-16-34(28)46-40(35)44-39/h5-22H,3-4H2,1-2H3/q-1. The fourth-order valence-electron chi connectivity index (χ4n) is 7.92. The van der Waals surface area contributed by atoms with Crippen molar-refractivity contribution in [2.24, 2.45) is 0 Å². The van der Waals surface area contributed by atoms with E-state index in [9.17, 15) is 0 Å². The molecular weight excluding hydrogens is 695 g/mol. The Hall–Kier alpha value is -4.33. The molecule has 4 heterocycles. The third-order valence-corrected chi connectivity index (χ3v) is 14.2. The number of aromatic nitrogens is 2. The minimum absolute atomic E-state index is 0.0535. The molecule has 2 aliphatic rings. The summed E-state index contributed by atoms with van der Waals surface area (Å²) in [7, 11) is 0. The van der Waals surface area contributed by atoms with Crippen LogP contribution in [-0.2, 0) is 5.41 Å². The third-order valence-electron chi connectivity index (χ3n) is 10.2. The molecule has 0 atom stereocenters. The van der Waals surface area contributed by atoms with E-state index < -0.39 is 0 Å². The second kappa shape index (κ2) is 9.84. The van der Waals surface area contributed by atoms with Crippen LogP contribution in [0.4, 0.5) is 0 Å². The second-order valence-electron chi connectivity index (χ2n) is 12.3. The van der Waals surface area contributed by atoms with Gasteiger partial charge in [0.1, 0.15) is 0 Å². The molecule has 1 aliphatic heterocycles. The Morgan fingerprint density at radius 3 is 2.48 bits per heavy atom. The number of fused-ring (bicyclic) bond motifs is 11. The first kappa shape index (κ1) is 26.8. The quantitative estimate of drug-likeness (QED) is 0.172. The van der Waals surface area contributed by atoms with Crippen LogP contribution in [0.3, 0.4) is 0 Å². The molecule has 0 radical (unpaired) electrons. The van der Waals surface area contributed by atoms with E-state index in [0.29, 0.717) is 0 Å². The molecule has 5 heteroatoms. The Bertz CT molecular complexity index is 2600. The van der Waals surface area contributed by atoms with Gasteiger partial charge in [0.25, 0.3) is 0 Å². The zero-order valence-electron chi connectivity index (χ0n) is 25.4. The van der Waals surface area contributed by atoms with E-state index in [1.54, 1.807) is 11.3 Å². The summed E-state index contributed by atoms with van der Waals surface area (Å²) < 4.78 is 10.9. The molecule has 0 N–H and O–H groups in total. The molecule has 0 bridgehead atoms. The Balaban J connectivity index is 1.19. The van der Waals surface area contributed by atoms with Crippen molar-refractivity contribution in [1.82, 2.24) is 9.97 Å². The summed E-state index contributed by atoms with van der Waals surface area (Å²) in [4.78, 5) is 11.7. The van der Waals surface area contributed by atoms with E-state index in [2.05, 4.69) is 123 Å². The van der Waals surface area contributed by atoms with Gasteiger partial charge in [0.2, 0.25) is 0 Å². The van der Waals surface area contributed by atoms with Crippen LogP contribution in [0.5, 0.6) is 0 Å². The fourth-order valence-corrected chi connectivity index (χ4v) is 11.8. The first-order chi connectivity index (χ1) is 22.7. The summed E-state index contributed by atoms with van der Waals surface area (Å²) in [6.07, 6.45) is 4.42. The molecule has 1 aliphatic carbocycles. The van der Waals surface area contributed by atoms with Gasteiger partial charge in [-0.15, -0.1) is 0 Å². The van der Waals surface area contributed by atoms with Crippen molar-refractivity contribution in [1.29, 1.82) is 0 Å². The van der Waals surface area contributed by atoms with Gasteiger partial charge >= 0.3 is 244 Å². The van der Waals surface area contributed by atoms with Crippen LogP contribution in [-0.4, -0.2) is 9.97 Å². The van der Waals surface area contributed by atoms with Gasteiger partial charge in [-0.05, 0) is 0 Å². The van der Waals surface area contributed by atoms with E-state index >= 15 is 0 Å². The summed E-state index contributed by atoms with van der Waals surface area (Å²) >= 11 is 1.42. The number of rotatable bonds is 4. The third kappa shape index (κ3) is 3.58. The molecule has 222 valence electrons. The molecule has 0 fully saturated rings. The van der Waals surface area contributed by atoms with Crippen LogP contribution in [0.25, 0.3) is 74.4 Å². The molecule has 0 amide bonds. The van der Waals surface area contributed by atoms with Crippen LogP contribution in [0.2, 0.25) is 0 Å². The first-order valence-electron chi connectivity index (χ1n) is 15.9. The van der Waals surface area contributed by atoms with Gasteiger partial charge in [-0.25, -0.2) is 0 Å². The van der Waals surface area contributed by atoms with E-state index in [0.717, 1.165) is 56.7 Å². The number of nitrogens with zero attached hydrogens (tertiary/aromatic N) is 2. The molecule has 3 aromatic heterocycles. The molecule has 5 aromatic carbocycles. The normalized spacial score (nSPS) is 14.9. The predicted octanol–water partition coefficient (Wildman–Crippen LogP) is 8.27. The monoisotopic (exact) mass is 723 g/mol. The van der Waals surface area contributed by atoms with E-state index in [1.165, 1.54) is 50.4 Å². The summed E-state index contributed by atoms with van der Waals surface area (Å²) in [6.45, 7) is 4.63. The van der Waals surface area contributed by atoms with Crippen molar-refractivity contribution < 1.29 is 25.6 Å². The average molecular weight is 724 g/mol. The van der Waals surface area contributed by atoms with Gasteiger partial charge in [-0.1, -0.05) is 38.1 Å². The Kier molecular flexibility index (Phi) is 5.74.